The summed E-state index contributed by atoms with van der Waals surface area (Å²) in [4.78, 5) is 16.3. The van der Waals surface area contributed by atoms with Crippen molar-refractivity contribution in [1.82, 2.24) is 4.98 Å². The van der Waals surface area contributed by atoms with E-state index in [1.54, 1.807) is 19.1 Å². The molecule has 20 heavy (non-hydrogen) atoms. The number of carbonyl (C=O) groups excluding carboxylic acids is 1. The minimum Gasteiger partial charge on any atom is -0.294 e. The largest absolute Gasteiger partial charge is 0.446 e. The summed E-state index contributed by atoms with van der Waals surface area (Å²) < 4.78 is 36.7. The molecule has 0 saturated heterocycles. The molecule has 1 aromatic carbocycles. The van der Waals surface area contributed by atoms with E-state index in [1.165, 1.54) is 30.4 Å². The zero-order valence-electron chi connectivity index (χ0n) is 10.6. The van der Waals surface area contributed by atoms with Crippen LogP contribution >= 0.6 is 23.1 Å². The number of ketones is 1. The number of alkyl halides is 3. The molecular formula is C13H10F3NOS2. The van der Waals surface area contributed by atoms with Crippen molar-refractivity contribution in [2.75, 3.05) is 0 Å². The van der Waals surface area contributed by atoms with Gasteiger partial charge in [-0.25, -0.2) is 4.98 Å². The van der Waals surface area contributed by atoms with Gasteiger partial charge in [0.25, 0.3) is 0 Å². The van der Waals surface area contributed by atoms with Crippen LogP contribution in [0.2, 0.25) is 0 Å². The lowest BCUT2D eigenvalue weighted by Gasteiger charge is -2.05. The van der Waals surface area contributed by atoms with Gasteiger partial charge in [-0.05, 0) is 30.8 Å². The summed E-state index contributed by atoms with van der Waals surface area (Å²) in [6, 6.07) is 5.96. The predicted octanol–water partition coefficient (Wildman–Crippen LogP) is 4.93. The summed E-state index contributed by atoms with van der Waals surface area (Å²) in [5.41, 5.74) is -2.94. The number of hydrogen-bond donors (Lipinski definition) is 0. The van der Waals surface area contributed by atoms with E-state index in [-0.39, 0.29) is 22.4 Å². The zero-order valence-corrected chi connectivity index (χ0v) is 12.2. The van der Waals surface area contributed by atoms with E-state index in [4.69, 9.17) is 0 Å². The summed E-state index contributed by atoms with van der Waals surface area (Å²) in [5.74, 6) is -0.0597. The van der Waals surface area contributed by atoms with Gasteiger partial charge in [-0.1, -0.05) is 12.1 Å². The van der Waals surface area contributed by atoms with Crippen LogP contribution in [0, 0.1) is 6.92 Å². The molecule has 106 valence electrons. The minimum atomic E-state index is -4.29. The van der Waals surface area contributed by atoms with Crippen LogP contribution in [0.25, 0.3) is 10.6 Å². The maximum atomic E-state index is 12.2. The number of thioether (sulfide) groups is 1. The van der Waals surface area contributed by atoms with Gasteiger partial charge in [-0.3, -0.25) is 4.79 Å². The van der Waals surface area contributed by atoms with Gasteiger partial charge in [-0.15, -0.1) is 11.3 Å². The third-order valence-corrected chi connectivity index (χ3v) is 4.50. The van der Waals surface area contributed by atoms with Gasteiger partial charge in [0.15, 0.2) is 5.78 Å². The van der Waals surface area contributed by atoms with Gasteiger partial charge in [0.2, 0.25) is 0 Å². The molecule has 1 heterocycles. The fourth-order valence-electron chi connectivity index (χ4n) is 1.65. The molecule has 0 aliphatic carbocycles. The SMILES string of the molecule is CC(=O)c1sc(-c2ccc(SC(F)(F)F)cc2)nc1C. The molecule has 2 nitrogen and oxygen atoms in total. The summed E-state index contributed by atoms with van der Waals surface area (Å²) >= 11 is 1.10. The standard InChI is InChI=1S/C13H10F3NOS2/c1-7-11(8(2)18)19-12(17-7)9-3-5-10(6-4-9)20-13(14,15)16/h3-6H,1-2H3. The molecule has 7 heteroatoms. The van der Waals surface area contributed by atoms with Gasteiger partial charge < -0.3 is 0 Å². The Morgan fingerprint density at radius 3 is 2.30 bits per heavy atom. The normalized spacial score (nSPS) is 11.7. The van der Waals surface area contributed by atoms with E-state index in [0.717, 1.165) is 0 Å². The van der Waals surface area contributed by atoms with Crippen molar-refractivity contribution < 1.29 is 18.0 Å². The number of carbonyl (C=O) groups is 1. The molecular weight excluding hydrogens is 307 g/mol. The van der Waals surface area contributed by atoms with Crippen LogP contribution in [0.5, 0.6) is 0 Å². The molecule has 2 aromatic rings. The molecule has 1 aromatic heterocycles. The van der Waals surface area contributed by atoms with E-state index in [2.05, 4.69) is 4.98 Å². The van der Waals surface area contributed by atoms with Gasteiger partial charge in [-0.2, -0.15) is 13.2 Å². The average molecular weight is 317 g/mol. The first-order chi connectivity index (χ1) is 9.26. The zero-order chi connectivity index (χ0) is 14.9. The summed E-state index contributed by atoms with van der Waals surface area (Å²) in [5, 5.41) is 0.635. The van der Waals surface area contributed by atoms with E-state index in [1.807, 2.05) is 0 Å². The highest BCUT2D eigenvalue weighted by Crippen LogP contribution is 2.37. The van der Waals surface area contributed by atoms with Crippen molar-refractivity contribution in [2.24, 2.45) is 0 Å². The number of halogens is 3. The summed E-state index contributed by atoms with van der Waals surface area (Å²) in [6.45, 7) is 3.21. The second-order valence-electron chi connectivity index (χ2n) is 4.06. The Morgan fingerprint density at radius 2 is 1.85 bits per heavy atom. The summed E-state index contributed by atoms with van der Waals surface area (Å²) in [6.07, 6.45) is 0. The topological polar surface area (TPSA) is 30.0 Å². The van der Waals surface area contributed by atoms with Crippen LogP contribution in [0.15, 0.2) is 29.2 Å². The molecule has 0 saturated carbocycles. The van der Waals surface area contributed by atoms with Crippen LogP contribution < -0.4 is 0 Å². The predicted molar refractivity (Wildman–Crippen MR) is 74.2 cm³/mol. The number of rotatable bonds is 3. The van der Waals surface area contributed by atoms with Gasteiger partial charge in [0.1, 0.15) is 5.01 Å². The Kier molecular flexibility index (Phi) is 4.19. The van der Waals surface area contributed by atoms with Crippen molar-refractivity contribution in [3.63, 3.8) is 0 Å². The molecule has 0 spiro atoms. The van der Waals surface area contributed by atoms with E-state index in [9.17, 15) is 18.0 Å². The second-order valence-corrected chi connectivity index (χ2v) is 6.20. The van der Waals surface area contributed by atoms with Crippen LogP contribution in [-0.2, 0) is 0 Å². The van der Waals surface area contributed by atoms with E-state index in [0.29, 0.717) is 21.1 Å². The molecule has 0 fully saturated rings. The Balaban J connectivity index is 2.26. The second kappa shape index (κ2) is 5.57. The maximum Gasteiger partial charge on any atom is 0.446 e. The number of aryl methyl sites for hydroxylation is 1. The highest BCUT2D eigenvalue weighted by Gasteiger charge is 2.29. The van der Waals surface area contributed by atoms with Crippen molar-refractivity contribution in [3.05, 3.63) is 34.8 Å². The quantitative estimate of drug-likeness (QED) is 0.594. The van der Waals surface area contributed by atoms with Crippen molar-refractivity contribution in [1.29, 1.82) is 0 Å². The Bertz CT molecular complexity index is 632. The smallest absolute Gasteiger partial charge is 0.294 e. The number of aromatic nitrogens is 1. The first kappa shape index (κ1) is 15.1. The molecule has 0 bridgehead atoms. The Hall–Kier alpha value is -1.34. The first-order valence-corrected chi connectivity index (χ1v) is 7.24. The number of thiazole rings is 1. The van der Waals surface area contributed by atoms with Gasteiger partial charge in [0.05, 0.1) is 10.6 Å². The third kappa shape index (κ3) is 3.61. The van der Waals surface area contributed by atoms with Gasteiger partial charge in [0, 0.05) is 17.4 Å². The van der Waals surface area contributed by atoms with Crippen LogP contribution in [0.4, 0.5) is 13.2 Å². The number of benzene rings is 1. The van der Waals surface area contributed by atoms with Crippen molar-refractivity contribution in [3.8, 4) is 10.6 Å². The fourth-order valence-corrected chi connectivity index (χ4v) is 3.15. The van der Waals surface area contributed by atoms with Crippen molar-refractivity contribution >= 4 is 28.9 Å². The first-order valence-electron chi connectivity index (χ1n) is 5.61. The third-order valence-electron chi connectivity index (χ3n) is 2.45. The van der Waals surface area contributed by atoms with E-state index < -0.39 is 5.51 Å². The van der Waals surface area contributed by atoms with Gasteiger partial charge >= 0.3 is 5.51 Å². The number of nitrogens with zero attached hydrogens (tertiary/aromatic N) is 1. The lowest BCUT2D eigenvalue weighted by molar-refractivity contribution is -0.0328. The molecule has 0 aliphatic heterocycles. The van der Waals surface area contributed by atoms with Crippen LogP contribution in [0.3, 0.4) is 0 Å². The van der Waals surface area contributed by atoms with Crippen molar-refractivity contribution in [2.45, 2.75) is 24.3 Å². The van der Waals surface area contributed by atoms with Crippen LogP contribution in [-0.4, -0.2) is 16.3 Å². The van der Waals surface area contributed by atoms with E-state index >= 15 is 0 Å². The number of Topliss-reactive ketones (excluding diaryl/α,β-unsaturated/α-hetero) is 1. The average Bonchev–Trinajstić information content (AvgIpc) is 2.70. The Labute approximate surface area is 122 Å². The van der Waals surface area contributed by atoms with Crippen LogP contribution in [0.1, 0.15) is 22.3 Å². The molecule has 0 amide bonds. The molecule has 0 atom stereocenters. The lowest BCUT2D eigenvalue weighted by Crippen LogP contribution is -1.98. The lowest BCUT2D eigenvalue weighted by atomic mass is 10.2. The molecule has 0 unspecified atom stereocenters. The highest BCUT2D eigenvalue weighted by molar-refractivity contribution is 8.00. The molecule has 0 radical (unpaired) electrons. The monoisotopic (exact) mass is 317 g/mol. The highest BCUT2D eigenvalue weighted by atomic mass is 32.2. The minimum absolute atomic E-state index is 0.0597. The number of hydrogen-bond acceptors (Lipinski definition) is 4. The molecule has 0 N–H and O–H groups in total. The Morgan fingerprint density at radius 1 is 1.25 bits per heavy atom. The molecule has 0 aliphatic rings. The summed E-state index contributed by atoms with van der Waals surface area (Å²) in [7, 11) is 0. The molecule has 2 rings (SSSR count). The maximum absolute atomic E-state index is 12.2. The fraction of sp³-hybridized carbons (Fsp3) is 0.231.